The Morgan fingerprint density at radius 1 is 1.19 bits per heavy atom. The van der Waals surface area contributed by atoms with E-state index in [1.165, 1.54) is 6.92 Å². The van der Waals surface area contributed by atoms with Crippen molar-refractivity contribution in [3.05, 3.63) is 59.2 Å². The zero-order valence-electron chi connectivity index (χ0n) is 14.3. The van der Waals surface area contributed by atoms with Crippen LogP contribution in [0.2, 0.25) is 0 Å². The first-order valence-electron chi connectivity index (χ1n) is 7.95. The third-order valence-corrected chi connectivity index (χ3v) is 4.13. The predicted octanol–water partition coefficient (Wildman–Crippen LogP) is 2.99. The Hall–Kier alpha value is -3.41. The van der Waals surface area contributed by atoms with Crippen LogP contribution in [0.3, 0.4) is 0 Å². The third kappa shape index (κ3) is 3.21. The van der Waals surface area contributed by atoms with E-state index in [1.807, 2.05) is 24.3 Å². The van der Waals surface area contributed by atoms with E-state index in [0.29, 0.717) is 28.1 Å². The average Bonchev–Trinajstić information content (AvgIpc) is 2.94. The number of ether oxygens (including phenoxy) is 2. The standard InChI is InChI=1S/C20H17NO5/c1-12(23)19(26-11-22)14-7-8-15-16(20(24)21-17(15)10-14)9-13-5-3-4-6-18(13)25-2/h3-11,19H,1-2H3,(H,21,24). The average molecular weight is 351 g/mol. The summed E-state index contributed by atoms with van der Waals surface area (Å²) in [6.07, 6.45) is 0.765. The number of anilines is 1. The SMILES string of the molecule is COc1ccccc1C=C1C(=O)Nc2cc(C(OC=O)C(C)=O)ccc21. The van der Waals surface area contributed by atoms with E-state index in [2.05, 4.69) is 5.32 Å². The summed E-state index contributed by atoms with van der Waals surface area (Å²) in [5.74, 6) is 0.110. The Morgan fingerprint density at radius 2 is 1.96 bits per heavy atom. The quantitative estimate of drug-likeness (QED) is 0.639. The summed E-state index contributed by atoms with van der Waals surface area (Å²) in [6, 6.07) is 12.4. The molecule has 0 radical (unpaired) electrons. The number of methoxy groups -OCH3 is 1. The van der Waals surface area contributed by atoms with E-state index in [-0.39, 0.29) is 18.2 Å². The van der Waals surface area contributed by atoms with Crippen molar-refractivity contribution in [1.82, 2.24) is 0 Å². The molecule has 0 spiro atoms. The fourth-order valence-corrected chi connectivity index (χ4v) is 2.92. The topological polar surface area (TPSA) is 81.7 Å². The van der Waals surface area contributed by atoms with Crippen LogP contribution >= 0.6 is 0 Å². The molecule has 1 atom stereocenters. The molecular weight excluding hydrogens is 334 g/mol. The van der Waals surface area contributed by atoms with Gasteiger partial charge in [0.15, 0.2) is 11.9 Å². The summed E-state index contributed by atoms with van der Waals surface area (Å²) in [5, 5.41) is 2.78. The first-order chi connectivity index (χ1) is 12.5. The van der Waals surface area contributed by atoms with Gasteiger partial charge in [-0.25, -0.2) is 0 Å². The van der Waals surface area contributed by atoms with E-state index in [0.717, 1.165) is 5.56 Å². The lowest BCUT2D eigenvalue weighted by Crippen LogP contribution is -2.12. The molecule has 1 amide bonds. The normalized spacial score (nSPS) is 15.2. The molecule has 3 rings (SSSR count). The van der Waals surface area contributed by atoms with Gasteiger partial charge in [-0.1, -0.05) is 30.3 Å². The summed E-state index contributed by atoms with van der Waals surface area (Å²) in [4.78, 5) is 34.7. The van der Waals surface area contributed by atoms with Gasteiger partial charge in [0.2, 0.25) is 0 Å². The van der Waals surface area contributed by atoms with Gasteiger partial charge in [0.05, 0.1) is 7.11 Å². The Bertz CT molecular complexity index is 916. The summed E-state index contributed by atoms with van der Waals surface area (Å²) < 4.78 is 10.2. The summed E-state index contributed by atoms with van der Waals surface area (Å²) >= 11 is 0. The lowest BCUT2D eigenvalue weighted by atomic mass is 9.99. The fraction of sp³-hybridized carbons (Fsp3) is 0.150. The molecule has 6 nitrogen and oxygen atoms in total. The van der Waals surface area contributed by atoms with E-state index in [9.17, 15) is 14.4 Å². The van der Waals surface area contributed by atoms with Crippen LogP contribution in [0.25, 0.3) is 11.6 Å². The number of hydrogen-bond acceptors (Lipinski definition) is 5. The fourth-order valence-electron chi connectivity index (χ4n) is 2.92. The minimum absolute atomic E-state index is 0.241. The second-order valence-electron chi connectivity index (χ2n) is 5.78. The van der Waals surface area contributed by atoms with Gasteiger partial charge in [-0.15, -0.1) is 0 Å². The van der Waals surface area contributed by atoms with Crippen LogP contribution in [-0.4, -0.2) is 25.3 Å². The zero-order valence-corrected chi connectivity index (χ0v) is 14.3. The zero-order chi connectivity index (χ0) is 18.7. The Balaban J connectivity index is 2.02. The highest BCUT2D eigenvalue weighted by atomic mass is 16.5. The number of hydrogen-bond donors (Lipinski definition) is 1. The molecule has 0 aromatic heterocycles. The number of carbonyl (C=O) groups is 3. The maximum atomic E-state index is 12.4. The Kier molecular flexibility index (Phi) is 4.84. The molecule has 2 aromatic carbocycles. The number of amides is 1. The number of benzene rings is 2. The predicted molar refractivity (Wildman–Crippen MR) is 96.5 cm³/mol. The number of carbonyl (C=O) groups excluding carboxylic acids is 3. The highest BCUT2D eigenvalue weighted by Crippen LogP contribution is 2.36. The van der Waals surface area contributed by atoms with Crippen molar-refractivity contribution < 1.29 is 23.9 Å². The summed E-state index contributed by atoms with van der Waals surface area (Å²) in [6.45, 7) is 1.58. The monoisotopic (exact) mass is 351 g/mol. The molecule has 1 unspecified atom stereocenters. The van der Waals surface area contributed by atoms with Crippen LogP contribution in [0, 0.1) is 0 Å². The molecule has 2 aromatic rings. The summed E-state index contributed by atoms with van der Waals surface area (Å²) in [7, 11) is 1.57. The molecule has 1 aliphatic rings. The van der Waals surface area contributed by atoms with E-state index in [1.54, 1.807) is 31.4 Å². The number of fused-ring (bicyclic) bond motifs is 1. The largest absolute Gasteiger partial charge is 0.496 e. The van der Waals surface area contributed by atoms with Crippen LogP contribution in [0.5, 0.6) is 5.75 Å². The third-order valence-electron chi connectivity index (χ3n) is 4.13. The molecule has 0 saturated carbocycles. The number of ketones is 1. The summed E-state index contributed by atoms with van der Waals surface area (Å²) in [5.41, 5.74) is 3.05. The number of rotatable bonds is 6. The lowest BCUT2D eigenvalue weighted by molar-refractivity contribution is -0.143. The van der Waals surface area contributed by atoms with Crippen molar-refractivity contribution in [2.75, 3.05) is 12.4 Å². The van der Waals surface area contributed by atoms with Gasteiger partial charge >= 0.3 is 0 Å². The van der Waals surface area contributed by atoms with Crippen LogP contribution in [0.15, 0.2) is 42.5 Å². The van der Waals surface area contributed by atoms with Crippen LogP contribution in [-0.2, 0) is 19.1 Å². The number of para-hydroxylation sites is 1. The molecule has 0 aliphatic carbocycles. The van der Waals surface area contributed by atoms with E-state index >= 15 is 0 Å². The van der Waals surface area contributed by atoms with Gasteiger partial charge in [0, 0.05) is 28.0 Å². The first kappa shape index (κ1) is 17.4. The van der Waals surface area contributed by atoms with E-state index < -0.39 is 6.10 Å². The molecule has 132 valence electrons. The Labute approximate surface area is 150 Å². The highest BCUT2D eigenvalue weighted by molar-refractivity contribution is 6.35. The highest BCUT2D eigenvalue weighted by Gasteiger charge is 2.27. The molecule has 1 N–H and O–H groups in total. The molecule has 1 heterocycles. The van der Waals surface area contributed by atoms with Crippen molar-refractivity contribution in [1.29, 1.82) is 0 Å². The van der Waals surface area contributed by atoms with Crippen LogP contribution in [0.4, 0.5) is 5.69 Å². The first-order valence-corrected chi connectivity index (χ1v) is 7.95. The van der Waals surface area contributed by atoms with Crippen LogP contribution in [0.1, 0.15) is 29.7 Å². The van der Waals surface area contributed by atoms with Crippen LogP contribution < -0.4 is 10.1 Å². The van der Waals surface area contributed by atoms with E-state index in [4.69, 9.17) is 9.47 Å². The smallest absolute Gasteiger partial charge is 0.294 e. The maximum absolute atomic E-state index is 12.4. The molecular formula is C20H17NO5. The molecule has 0 saturated heterocycles. The van der Waals surface area contributed by atoms with Crippen molar-refractivity contribution in [2.24, 2.45) is 0 Å². The molecule has 1 aliphatic heterocycles. The van der Waals surface area contributed by atoms with Gasteiger partial charge < -0.3 is 14.8 Å². The van der Waals surface area contributed by atoms with Gasteiger partial charge in [-0.3, -0.25) is 14.4 Å². The molecule has 0 fully saturated rings. The minimum Gasteiger partial charge on any atom is -0.496 e. The van der Waals surface area contributed by atoms with Crippen molar-refractivity contribution in [2.45, 2.75) is 13.0 Å². The van der Waals surface area contributed by atoms with Gasteiger partial charge in [-0.05, 0) is 25.1 Å². The molecule has 0 bridgehead atoms. The second-order valence-corrected chi connectivity index (χ2v) is 5.78. The number of Topliss-reactive ketones (excluding diaryl/α,β-unsaturated/α-hetero) is 1. The Morgan fingerprint density at radius 3 is 2.65 bits per heavy atom. The lowest BCUT2D eigenvalue weighted by Gasteiger charge is -2.13. The van der Waals surface area contributed by atoms with Crippen molar-refractivity contribution in [3.63, 3.8) is 0 Å². The maximum Gasteiger partial charge on any atom is 0.294 e. The van der Waals surface area contributed by atoms with Gasteiger partial charge in [-0.2, -0.15) is 0 Å². The minimum atomic E-state index is -0.989. The number of nitrogens with one attached hydrogen (secondary N) is 1. The van der Waals surface area contributed by atoms with Crippen molar-refractivity contribution >= 4 is 35.5 Å². The molecule has 26 heavy (non-hydrogen) atoms. The van der Waals surface area contributed by atoms with Gasteiger partial charge in [0.25, 0.3) is 12.4 Å². The van der Waals surface area contributed by atoms with Crippen molar-refractivity contribution in [3.8, 4) is 5.75 Å². The molecule has 6 heteroatoms. The van der Waals surface area contributed by atoms with Gasteiger partial charge in [0.1, 0.15) is 5.75 Å². The second kappa shape index (κ2) is 7.23.